The summed E-state index contributed by atoms with van der Waals surface area (Å²) >= 11 is 1.76. The van der Waals surface area contributed by atoms with Crippen LogP contribution in [0.25, 0.3) is 10.1 Å². The molecule has 0 saturated carbocycles. The van der Waals surface area contributed by atoms with Gasteiger partial charge in [0.15, 0.2) is 6.29 Å². The van der Waals surface area contributed by atoms with Crippen LogP contribution in [0.15, 0.2) is 54.6 Å². The summed E-state index contributed by atoms with van der Waals surface area (Å²) in [6, 6.07) is 18.7. The molecule has 0 aliphatic rings. The summed E-state index contributed by atoms with van der Waals surface area (Å²) in [6.07, 6.45) is 3.14. The average Bonchev–Trinajstić information content (AvgIpc) is 2.92. The average molecular weight is 294 g/mol. The molecule has 21 heavy (non-hydrogen) atoms. The predicted octanol–water partition coefficient (Wildman–Crippen LogP) is 5.45. The van der Waals surface area contributed by atoms with Gasteiger partial charge in [0.05, 0.1) is 0 Å². The third-order valence-corrected chi connectivity index (χ3v) is 5.35. The molecule has 0 spiro atoms. The summed E-state index contributed by atoms with van der Waals surface area (Å²) in [5, 5.41) is 1.10. The van der Waals surface area contributed by atoms with Crippen molar-refractivity contribution in [1.29, 1.82) is 0 Å². The van der Waals surface area contributed by atoms with Crippen molar-refractivity contribution in [3.63, 3.8) is 0 Å². The maximum absolute atomic E-state index is 11.5. The van der Waals surface area contributed by atoms with Crippen LogP contribution in [0.1, 0.15) is 40.1 Å². The topological polar surface area (TPSA) is 17.1 Å². The number of aldehydes is 1. The van der Waals surface area contributed by atoms with Gasteiger partial charge in [0.25, 0.3) is 0 Å². The van der Waals surface area contributed by atoms with Gasteiger partial charge in [-0.05, 0) is 30.4 Å². The Hall–Kier alpha value is -1.93. The number of carbonyl (C=O) groups is 1. The number of hydrogen-bond donors (Lipinski definition) is 0. The van der Waals surface area contributed by atoms with Crippen LogP contribution < -0.4 is 0 Å². The van der Waals surface area contributed by atoms with Crippen LogP contribution in [0, 0.1) is 0 Å². The molecule has 1 atom stereocenters. The van der Waals surface area contributed by atoms with E-state index in [1.165, 1.54) is 15.1 Å². The minimum absolute atomic E-state index is 0.405. The van der Waals surface area contributed by atoms with Gasteiger partial charge in [-0.15, -0.1) is 11.3 Å². The highest BCUT2D eigenvalue weighted by molar-refractivity contribution is 7.19. The molecule has 2 heteroatoms. The second-order valence-corrected chi connectivity index (χ2v) is 6.50. The van der Waals surface area contributed by atoms with Crippen LogP contribution in [0.2, 0.25) is 0 Å². The zero-order chi connectivity index (χ0) is 14.7. The molecule has 0 amide bonds. The monoisotopic (exact) mass is 294 g/mol. The van der Waals surface area contributed by atoms with Crippen molar-refractivity contribution in [1.82, 2.24) is 0 Å². The molecule has 3 aromatic rings. The number of fused-ring (bicyclic) bond motifs is 1. The first kappa shape index (κ1) is 14.0. The standard InChI is InChI=1S/C19H18OS/c1-14(11-12-15-7-3-2-4-8-15)19-17(13-20)16-9-5-6-10-18(16)21-19/h2-10,13-14H,11-12H2,1H3. The molecule has 0 N–H and O–H groups in total. The van der Waals surface area contributed by atoms with Gasteiger partial charge in [-0.2, -0.15) is 0 Å². The van der Waals surface area contributed by atoms with E-state index in [0.29, 0.717) is 5.92 Å². The van der Waals surface area contributed by atoms with Crippen molar-refractivity contribution >= 4 is 27.7 Å². The number of rotatable bonds is 5. The zero-order valence-electron chi connectivity index (χ0n) is 12.1. The molecular weight excluding hydrogens is 276 g/mol. The van der Waals surface area contributed by atoms with Crippen LogP contribution in [-0.4, -0.2) is 6.29 Å². The van der Waals surface area contributed by atoms with E-state index in [0.717, 1.165) is 30.1 Å². The molecule has 0 fully saturated rings. The van der Waals surface area contributed by atoms with E-state index in [9.17, 15) is 4.79 Å². The molecule has 1 aromatic heterocycles. The number of hydrogen-bond acceptors (Lipinski definition) is 2. The number of benzene rings is 2. The van der Waals surface area contributed by atoms with Gasteiger partial charge in [-0.1, -0.05) is 55.5 Å². The van der Waals surface area contributed by atoms with E-state index in [-0.39, 0.29) is 0 Å². The quantitative estimate of drug-likeness (QED) is 0.572. The minimum Gasteiger partial charge on any atom is -0.298 e. The van der Waals surface area contributed by atoms with Gasteiger partial charge in [0, 0.05) is 20.5 Å². The van der Waals surface area contributed by atoms with Crippen LogP contribution >= 0.6 is 11.3 Å². The van der Waals surface area contributed by atoms with Crippen molar-refractivity contribution in [2.45, 2.75) is 25.7 Å². The molecule has 1 nitrogen and oxygen atoms in total. The molecule has 0 aliphatic carbocycles. The predicted molar refractivity (Wildman–Crippen MR) is 90.4 cm³/mol. The van der Waals surface area contributed by atoms with Crippen molar-refractivity contribution in [3.8, 4) is 0 Å². The number of carbonyl (C=O) groups excluding carboxylic acids is 1. The van der Waals surface area contributed by atoms with Crippen molar-refractivity contribution in [2.24, 2.45) is 0 Å². The van der Waals surface area contributed by atoms with Gasteiger partial charge >= 0.3 is 0 Å². The number of aryl methyl sites for hydroxylation is 1. The van der Waals surface area contributed by atoms with Crippen LogP contribution in [0.3, 0.4) is 0 Å². The maximum Gasteiger partial charge on any atom is 0.151 e. The summed E-state index contributed by atoms with van der Waals surface area (Å²) in [4.78, 5) is 12.7. The molecule has 3 rings (SSSR count). The third kappa shape index (κ3) is 2.91. The molecule has 1 unspecified atom stereocenters. The Bertz CT molecular complexity index is 743. The molecule has 1 heterocycles. The van der Waals surface area contributed by atoms with Gasteiger partial charge in [0.1, 0.15) is 0 Å². The number of thiophene rings is 1. The normalized spacial score (nSPS) is 12.4. The lowest BCUT2D eigenvalue weighted by Crippen LogP contribution is -1.97. The van der Waals surface area contributed by atoms with Crippen molar-refractivity contribution in [3.05, 3.63) is 70.6 Å². The summed E-state index contributed by atoms with van der Waals surface area (Å²) < 4.78 is 1.21. The Morgan fingerprint density at radius 3 is 2.52 bits per heavy atom. The summed E-state index contributed by atoms with van der Waals surface area (Å²) in [5.41, 5.74) is 2.24. The highest BCUT2D eigenvalue weighted by Gasteiger charge is 2.16. The first-order valence-electron chi connectivity index (χ1n) is 7.30. The van der Waals surface area contributed by atoms with Crippen LogP contribution in [0.5, 0.6) is 0 Å². The fourth-order valence-corrected chi connectivity index (χ4v) is 3.99. The first-order valence-corrected chi connectivity index (χ1v) is 8.11. The Morgan fingerprint density at radius 2 is 1.76 bits per heavy atom. The fourth-order valence-electron chi connectivity index (χ4n) is 2.73. The third-order valence-electron chi connectivity index (χ3n) is 3.94. The summed E-state index contributed by atoms with van der Waals surface area (Å²) in [6.45, 7) is 2.22. The largest absolute Gasteiger partial charge is 0.298 e. The summed E-state index contributed by atoms with van der Waals surface area (Å²) in [5.74, 6) is 0.405. The Morgan fingerprint density at radius 1 is 1.05 bits per heavy atom. The maximum atomic E-state index is 11.5. The highest BCUT2D eigenvalue weighted by atomic mass is 32.1. The van der Waals surface area contributed by atoms with Crippen molar-refractivity contribution in [2.75, 3.05) is 0 Å². The Balaban J connectivity index is 1.84. The smallest absolute Gasteiger partial charge is 0.151 e. The molecule has 0 radical (unpaired) electrons. The van der Waals surface area contributed by atoms with Crippen molar-refractivity contribution < 1.29 is 4.79 Å². The lowest BCUT2D eigenvalue weighted by atomic mass is 9.97. The zero-order valence-corrected chi connectivity index (χ0v) is 12.9. The second-order valence-electron chi connectivity index (χ2n) is 5.42. The van der Waals surface area contributed by atoms with E-state index in [1.807, 2.05) is 24.3 Å². The molecule has 0 aliphatic heterocycles. The van der Waals surface area contributed by atoms with Gasteiger partial charge in [0.2, 0.25) is 0 Å². The van der Waals surface area contributed by atoms with Gasteiger partial charge in [-0.25, -0.2) is 0 Å². The van der Waals surface area contributed by atoms with Crippen LogP contribution in [-0.2, 0) is 6.42 Å². The SMILES string of the molecule is CC(CCc1ccccc1)c1sc2ccccc2c1C=O. The van der Waals surface area contributed by atoms with Gasteiger partial charge < -0.3 is 0 Å². The lowest BCUT2D eigenvalue weighted by Gasteiger charge is -2.10. The second kappa shape index (κ2) is 6.23. The first-order chi connectivity index (χ1) is 10.3. The van der Waals surface area contributed by atoms with E-state index in [1.54, 1.807) is 11.3 Å². The molecule has 0 bridgehead atoms. The van der Waals surface area contributed by atoms with Gasteiger partial charge in [-0.3, -0.25) is 4.79 Å². The highest BCUT2D eigenvalue weighted by Crippen LogP contribution is 2.36. The molecule has 0 saturated heterocycles. The van der Waals surface area contributed by atoms with E-state index in [2.05, 4.69) is 37.3 Å². The molecular formula is C19H18OS. The molecule has 106 valence electrons. The Labute approximate surface area is 129 Å². The van der Waals surface area contributed by atoms with E-state index >= 15 is 0 Å². The lowest BCUT2D eigenvalue weighted by molar-refractivity contribution is 0.112. The molecule has 2 aromatic carbocycles. The Kier molecular flexibility index (Phi) is 4.16. The van der Waals surface area contributed by atoms with E-state index < -0.39 is 0 Å². The fraction of sp³-hybridized carbons (Fsp3) is 0.211. The minimum atomic E-state index is 0.405. The van der Waals surface area contributed by atoms with E-state index in [4.69, 9.17) is 0 Å². The summed E-state index contributed by atoms with van der Waals surface area (Å²) in [7, 11) is 0. The van der Waals surface area contributed by atoms with Crippen LogP contribution in [0.4, 0.5) is 0 Å².